The van der Waals surface area contributed by atoms with E-state index in [4.69, 9.17) is 4.74 Å². The van der Waals surface area contributed by atoms with Gasteiger partial charge in [0.25, 0.3) is 0 Å². The first-order valence-corrected chi connectivity index (χ1v) is 9.36. The Morgan fingerprint density at radius 1 is 1.22 bits per heavy atom. The van der Waals surface area contributed by atoms with Crippen molar-refractivity contribution in [1.29, 1.82) is 0 Å². The predicted molar refractivity (Wildman–Crippen MR) is 99.0 cm³/mol. The van der Waals surface area contributed by atoms with Crippen LogP contribution in [0.5, 0.6) is 0 Å². The lowest BCUT2D eigenvalue weighted by Crippen LogP contribution is -2.33. The smallest absolute Gasteiger partial charge is 0.412 e. The largest absolute Gasteiger partial charge is 0.478 e. The van der Waals surface area contributed by atoms with Crippen molar-refractivity contribution in [3.8, 4) is 0 Å². The SMILES string of the molecule is Cc1cncn1CC(OC(=O)Nc1c2c(cc3c1CCC3)CCC2)C(=O)O. The molecule has 0 fully saturated rings. The van der Waals surface area contributed by atoms with Gasteiger partial charge in [0.15, 0.2) is 0 Å². The lowest BCUT2D eigenvalue weighted by atomic mass is 9.99. The van der Waals surface area contributed by atoms with Crippen molar-refractivity contribution in [2.24, 2.45) is 0 Å². The maximum atomic E-state index is 12.5. The van der Waals surface area contributed by atoms with Crippen molar-refractivity contribution in [2.75, 3.05) is 5.32 Å². The van der Waals surface area contributed by atoms with E-state index in [0.717, 1.165) is 49.9 Å². The zero-order chi connectivity index (χ0) is 19.0. The highest BCUT2D eigenvalue weighted by atomic mass is 16.6. The maximum absolute atomic E-state index is 12.5. The quantitative estimate of drug-likeness (QED) is 0.845. The Kier molecular flexibility index (Phi) is 4.59. The summed E-state index contributed by atoms with van der Waals surface area (Å²) in [6.45, 7) is 1.85. The van der Waals surface area contributed by atoms with Gasteiger partial charge in [-0.25, -0.2) is 14.6 Å². The Morgan fingerprint density at radius 2 is 1.89 bits per heavy atom. The van der Waals surface area contributed by atoms with Crippen LogP contribution >= 0.6 is 0 Å². The summed E-state index contributed by atoms with van der Waals surface area (Å²) < 4.78 is 6.92. The van der Waals surface area contributed by atoms with E-state index < -0.39 is 18.2 Å². The highest BCUT2D eigenvalue weighted by molar-refractivity contribution is 5.90. The van der Waals surface area contributed by atoms with Crippen molar-refractivity contribution >= 4 is 17.7 Å². The molecule has 1 aromatic heterocycles. The van der Waals surface area contributed by atoms with E-state index in [9.17, 15) is 14.7 Å². The summed E-state index contributed by atoms with van der Waals surface area (Å²) in [5, 5.41) is 12.3. The summed E-state index contributed by atoms with van der Waals surface area (Å²) in [4.78, 5) is 28.1. The molecule has 1 unspecified atom stereocenters. The van der Waals surface area contributed by atoms with E-state index in [0.29, 0.717) is 0 Å². The first kappa shape index (κ1) is 17.6. The van der Waals surface area contributed by atoms with Crippen LogP contribution in [0.1, 0.15) is 40.8 Å². The van der Waals surface area contributed by atoms with Crippen LogP contribution in [0.2, 0.25) is 0 Å². The molecular formula is C20H23N3O4. The van der Waals surface area contributed by atoms with E-state index in [1.54, 1.807) is 10.8 Å². The third-order valence-corrected chi connectivity index (χ3v) is 5.51. The number of carbonyl (C=O) groups is 2. The topological polar surface area (TPSA) is 93.5 Å². The molecule has 4 rings (SSSR count). The van der Waals surface area contributed by atoms with Crippen molar-refractivity contribution in [2.45, 2.75) is 58.1 Å². The third-order valence-electron chi connectivity index (χ3n) is 5.51. The van der Waals surface area contributed by atoms with Gasteiger partial charge in [0, 0.05) is 11.9 Å². The minimum atomic E-state index is -1.28. The molecule has 1 amide bonds. The second-order valence-electron chi connectivity index (χ2n) is 7.28. The number of aromatic nitrogens is 2. The Labute approximate surface area is 157 Å². The van der Waals surface area contributed by atoms with Gasteiger partial charge in [-0.1, -0.05) is 6.07 Å². The summed E-state index contributed by atoms with van der Waals surface area (Å²) >= 11 is 0. The normalized spacial score (nSPS) is 15.9. The van der Waals surface area contributed by atoms with E-state index in [2.05, 4.69) is 16.4 Å². The Morgan fingerprint density at radius 3 is 2.44 bits per heavy atom. The van der Waals surface area contributed by atoms with Crippen molar-refractivity contribution < 1.29 is 19.4 Å². The van der Waals surface area contributed by atoms with Gasteiger partial charge in [-0.2, -0.15) is 0 Å². The minimum absolute atomic E-state index is 0.0274. The number of ether oxygens (including phenoxy) is 1. The molecule has 1 heterocycles. The summed E-state index contributed by atoms with van der Waals surface area (Å²) in [5.41, 5.74) is 6.63. The van der Waals surface area contributed by atoms with E-state index in [1.165, 1.54) is 28.6 Å². The van der Waals surface area contributed by atoms with Crippen LogP contribution in [-0.4, -0.2) is 32.8 Å². The molecule has 2 aliphatic rings. The number of benzene rings is 1. The molecular weight excluding hydrogens is 346 g/mol. The van der Waals surface area contributed by atoms with Crippen molar-refractivity contribution in [3.63, 3.8) is 0 Å². The molecule has 2 N–H and O–H groups in total. The average molecular weight is 369 g/mol. The number of aliphatic carboxylic acids is 1. The molecule has 0 saturated carbocycles. The van der Waals surface area contributed by atoms with E-state index in [1.807, 2.05) is 6.92 Å². The fourth-order valence-electron chi connectivity index (χ4n) is 4.15. The Bertz CT molecular complexity index is 871. The lowest BCUT2D eigenvalue weighted by molar-refractivity contribution is -0.147. The first-order chi connectivity index (χ1) is 13.0. The number of hydrogen-bond acceptors (Lipinski definition) is 4. The maximum Gasteiger partial charge on any atom is 0.412 e. The van der Waals surface area contributed by atoms with Gasteiger partial charge in [-0.15, -0.1) is 0 Å². The number of carbonyl (C=O) groups excluding carboxylic acids is 1. The van der Waals surface area contributed by atoms with Crippen LogP contribution in [0.25, 0.3) is 0 Å². The fourth-order valence-corrected chi connectivity index (χ4v) is 4.15. The number of amides is 1. The predicted octanol–water partition coefficient (Wildman–Crippen LogP) is 2.87. The number of fused-ring (bicyclic) bond motifs is 2. The van der Waals surface area contributed by atoms with Gasteiger partial charge in [-0.05, 0) is 67.7 Å². The Balaban J connectivity index is 1.52. The molecule has 0 aliphatic heterocycles. The second-order valence-corrected chi connectivity index (χ2v) is 7.28. The van der Waals surface area contributed by atoms with Gasteiger partial charge < -0.3 is 14.4 Å². The van der Waals surface area contributed by atoms with E-state index >= 15 is 0 Å². The number of hydrogen-bond donors (Lipinski definition) is 2. The number of nitrogens with one attached hydrogen (secondary N) is 1. The summed E-state index contributed by atoms with van der Waals surface area (Å²) in [7, 11) is 0. The molecule has 27 heavy (non-hydrogen) atoms. The molecule has 0 bridgehead atoms. The second kappa shape index (κ2) is 7.06. The third kappa shape index (κ3) is 3.41. The molecule has 2 aliphatic carbocycles. The monoisotopic (exact) mass is 369 g/mol. The summed E-state index contributed by atoms with van der Waals surface area (Å²) in [6, 6.07) is 2.28. The summed E-state index contributed by atoms with van der Waals surface area (Å²) in [5.74, 6) is -1.18. The molecule has 7 heteroatoms. The van der Waals surface area contributed by atoms with Crippen molar-refractivity contribution in [1.82, 2.24) is 9.55 Å². The highest BCUT2D eigenvalue weighted by Crippen LogP contribution is 2.38. The molecule has 0 radical (unpaired) electrons. The minimum Gasteiger partial charge on any atom is -0.478 e. The van der Waals surface area contributed by atoms with Crippen LogP contribution in [-0.2, 0) is 41.8 Å². The van der Waals surface area contributed by atoms with Gasteiger partial charge in [0.2, 0.25) is 6.10 Å². The lowest BCUT2D eigenvalue weighted by Gasteiger charge is -2.19. The standard InChI is InChI=1S/C20H23N3O4/c1-12-9-21-11-23(12)10-17(19(24)25)27-20(26)22-18-15-6-2-4-13(15)8-14-5-3-7-16(14)18/h8-9,11,17H,2-7,10H2,1H3,(H,22,26)(H,24,25). The summed E-state index contributed by atoms with van der Waals surface area (Å²) in [6.07, 6.45) is 7.29. The number of carboxylic acids is 1. The number of carboxylic acid groups (broad SMARTS) is 1. The molecule has 2 aromatic rings. The van der Waals surface area contributed by atoms with Crippen LogP contribution in [0, 0.1) is 6.92 Å². The zero-order valence-corrected chi connectivity index (χ0v) is 15.3. The fraction of sp³-hybridized carbons (Fsp3) is 0.450. The zero-order valence-electron chi connectivity index (χ0n) is 15.3. The van der Waals surface area contributed by atoms with Crippen LogP contribution < -0.4 is 5.32 Å². The molecule has 7 nitrogen and oxygen atoms in total. The van der Waals surface area contributed by atoms with Gasteiger partial charge >= 0.3 is 12.1 Å². The average Bonchev–Trinajstić information content (AvgIpc) is 3.35. The van der Waals surface area contributed by atoms with Gasteiger partial charge in [-0.3, -0.25) is 5.32 Å². The number of rotatable bonds is 5. The van der Waals surface area contributed by atoms with E-state index in [-0.39, 0.29) is 6.54 Å². The number of anilines is 1. The van der Waals surface area contributed by atoms with Crippen LogP contribution in [0.3, 0.4) is 0 Å². The molecule has 1 atom stereocenters. The Hall–Kier alpha value is -2.83. The number of imidazole rings is 1. The molecule has 1 aromatic carbocycles. The molecule has 0 spiro atoms. The molecule has 142 valence electrons. The van der Waals surface area contributed by atoms with Crippen LogP contribution in [0.15, 0.2) is 18.6 Å². The number of aryl methyl sites for hydroxylation is 3. The van der Waals surface area contributed by atoms with Crippen LogP contribution in [0.4, 0.5) is 10.5 Å². The first-order valence-electron chi connectivity index (χ1n) is 9.36. The van der Waals surface area contributed by atoms with Gasteiger partial charge in [0.1, 0.15) is 0 Å². The highest BCUT2D eigenvalue weighted by Gasteiger charge is 2.28. The number of nitrogens with zero attached hydrogens (tertiary/aromatic N) is 2. The van der Waals surface area contributed by atoms with Crippen molar-refractivity contribution in [3.05, 3.63) is 46.5 Å². The molecule has 0 saturated heterocycles. The van der Waals surface area contributed by atoms with Gasteiger partial charge in [0.05, 0.1) is 18.6 Å².